The molecule has 1 aromatic carbocycles. The molecule has 1 saturated heterocycles. The number of thiocarbonyl (C=S) groups is 1. The molecule has 0 aromatic heterocycles. The minimum absolute atomic E-state index is 0.220. The van der Waals surface area contributed by atoms with Crippen LogP contribution in [0.5, 0.6) is 0 Å². The van der Waals surface area contributed by atoms with E-state index in [-0.39, 0.29) is 5.91 Å². The standard InChI is InChI=1S/C19H25N3OS/c1-12-4-7-15(11-17(12)22-8-2-3-18(22)23)20-19(24)21-16-10-13-5-6-14(16)9-13/h4,7,11,13-14,16H,2-3,5-6,8-10H2,1H3,(H2,20,21,24)/t13-,14+,16-/m0/s1. The molecule has 0 spiro atoms. The largest absolute Gasteiger partial charge is 0.359 e. The van der Waals surface area contributed by atoms with Crippen molar-refractivity contribution in [3.63, 3.8) is 0 Å². The Labute approximate surface area is 149 Å². The number of hydrogen-bond donors (Lipinski definition) is 2. The average molecular weight is 343 g/mol. The number of nitrogens with zero attached hydrogens (tertiary/aromatic N) is 1. The predicted molar refractivity (Wildman–Crippen MR) is 101 cm³/mol. The monoisotopic (exact) mass is 343 g/mol. The lowest BCUT2D eigenvalue weighted by atomic mass is 9.96. The molecular formula is C19H25N3OS. The summed E-state index contributed by atoms with van der Waals surface area (Å²) < 4.78 is 0. The third kappa shape index (κ3) is 3.02. The summed E-state index contributed by atoms with van der Waals surface area (Å²) in [6.07, 6.45) is 6.96. The summed E-state index contributed by atoms with van der Waals surface area (Å²) in [6, 6.07) is 6.68. The first kappa shape index (κ1) is 15.9. The molecule has 2 aliphatic carbocycles. The van der Waals surface area contributed by atoms with Crippen LogP contribution < -0.4 is 15.5 Å². The molecule has 0 radical (unpaired) electrons. The summed E-state index contributed by atoms with van der Waals surface area (Å²) in [6.45, 7) is 2.87. The van der Waals surface area contributed by atoms with Gasteiger partial charge in [0, 0.05) is 30.4 Å². The second-order valence-corrected chi connectivity index (χ2v) is 7.94. The van der Waals surface area contributed by atoms with Gasteiger partial charge in [0.1, 0.15) is 0 Å². The topological polar surface area (TPSA) is 44.4 Å². The van der Waals surface area contributed by atoms with E-state index in [9.17, 15) is 4.79 Å². The Hall–Kier alpha value is -1.62. The smallest absolute Gasteiger partial charge is 0.227 e. The zero-order valence-electron chi connectivity index (χ0n) is 14.2. The Morgan fingerprint density at radius 3 is 2.83 bits per heavy atom. The van der Waals surface area contributed by atoms with E-state index in [1.54, 1.807) is 0 Å². The van der Waals surface area contributed by atoms with E-state index in [1.807, 2.05) is 17.0 Å². The third-order valence-electron chi connectivity index (χ3n) is 5.89. The number of benzene rings is 1. The summed E-state index contributed by atoms with van der Waals surface area (Å²) >= 11 is 5.52. The number of amides is 1. The minimum Gasteiger partial charge on any atom is -0.359 e. The molecule has 2 saturated carbocycles. The molecule has 3 fully saturated rings. The van der Waals surface area contributed by atoms with Crippen LogP contribution in [0.2, 0.25) is 0 Å². The van der Waals surface area contributed by atoms with Gasteiger partial charge in [0.25, 0.3) is 0 Å². The van der Waals surface area contributed by atoms with Crippen LogP contribution in [0.3, 0.4) is 0 Å². The maximum Gasteiger partial charge on any atom is 0.227 e. The second-order valence-electron chi connectivity index (χ2n) is 7.53. The van der Waals surface area contributed by atoms with E-state index in [0.29, 0.717) is 17.6 Å². The normalized spacial score (nSPS) is 28.5. The van der Waals surface area contributed by atoms with E-state index in [2.05, 4.69) is 23.6 Å². The number of carbonyl (C=O) groups is 1. The van der Waals surface area contributed by atoms with E-state index in [1.165, 1.54) is 25.7 Å². The highest BCUT2D eigenvalue weighted by atomic mass is 32.1. The molecule has 2 bridgehead atoms. The van der Waals surface area contributed by atoms with Crippen LogP contribution in [-0.2, 0) is 4.79 Å². The zero-order valence-corrected chi connectivity index (χ0v) is 15.0. The number of aryl methyl sites for hydroxylation is 1. The highest BCUT2D eigenvalue weighted by molar-refractivity contribution is 7.80. The zero-order chi connectivity index (χ0) is 16.7. The van der Waals surface area contributed by atoms with Crippen molar-refractivity contribution in [2.75, 3.05) is 16.8 Å². The maximum atomic E-state index is 12.0. The number of hydrogen-bond acceptors (Lipinski definition) is 2. The number of rotatable bonds is 3. The molecule has 3 aliphatic rings. The van der Waals surface area contributed by atoms with Gasteiger partial charge in [-0.15, -0.1) is 0 Å². The van der Waals surface area contributed by atoms with Gasteiger partial charge in [-0.1, -0.05) is 12.5 Å². The van der Waals surface area contributed by atoms with Gasteiger partial charge < -0.3 is 15.5 Å². The van der Waals surface area contributed by atoms with Crippen LogP contribution in [0.25, 0.3) is 0 Å². The highest BCUT2D eigenvalue weighted by Gasteiger charge is 2.39. The SMILES string of the molecule is Cc1ccc(NC(=S)N[C@H]2C[C@H]3CC[C@@H]2C3)cc1N1CCCC1=O. The van der Waals surface area contributed by atoms with Gasteiger partial charge in [0.05, 0.1) is 0 Å². The number of fused-ring (bicyclic) bond motifs is 2. The maximum absolute atomic E-state index is 12.0. The Morgan fingerprint density at radius 1 is 1.29 bits per heavy atom. The summed E-state index contributed by atoms with van der Waals surface area (Å²) in [5.74, 6) is 1.92. The Morgan fingerprint density at radius 2 is 2.17 bits per heavy atom. The predicted octanol–water partition coefficient (Wildman–Crippen LogP) is 3.60. The van der Waals surface area contributed by atoms with Crippen molar-refractivity contribution in [1.82, 2.24) is 5.32 Å². The molecule has 4 nitrogen and oxygen atoms in total. The van der Waals surface area contributed by atoms with Crippen molar-refractivity contribution in [1.29, 1.82) is 0 Å². The highest BCUT2D eigenvalue weighted by Crippen LogP contribution is 2.44. The molecule has 0 unspecified atom stereocenters. The fourth-order valence-electron chi connectivity index (χ4n) is 4.64. The van der Waals surface area contributed by atoms with E-state index < -0.39 is 0 Å². The molecule has 2 N–H and O–H groups in total. The average Bonchev–Trinajstić information content (AvgIpc) is 3.26. The molecule has 24 heavy (non-hydrogen) atoms. The molecule has 1 amide bonds. The summed E-state index contributed by atoms with van der Waals surface area (Å²) in [5.41, 5.74) is 3.09. The first-order chi connectivity index (χ1) is 11.6. The molecule has 4 rings (SSSR count). The summed E-state index contributed by atoms with van der Waals surface area (Å²) in [4.78, 5) is 13.9. The van der Waals surface area contributed by atoms with Gasteiger partial charge in [-0.05, 0) is 74.4 Å². The van der Waals surface area contributed by atoms with Crippen LogP contribution in [-0.4, -0.2) is 23.6 Å². The molecule has 1 aliphatic heterocycles. The first-order valence-corrected chi connectivity index (χ1v) is 9.49. The lowest BCUT2D eigenvalue weighted by molar-refractivity contribution is -0.117. The number of carbonyl (C=O) groups excluding carboxylic acids is 1. The van der Waals surface area contributed by atoms with Crippen molar-refractivity contribution in [2.24, 2.45) is 11.8 Å². The third-order valence-corrected chi connectivity index (χ3v) is 6.11. The van der Waals surface area contributed by atoms with Crippen LogP contribution in [0.15, 0.2) is 18.2 Å². The quantitative estimate of drug-likeness (QED) is 0.823. The van der Waals surface area contributed by atoms with Crippen molar-refractivity contribution >= 4 is 34.6 Å². The molecule has 3 atom stereocenters. The second kappa shape index (κ2) is 6.36. The van der Waals surface area contributed by atoms with E-state index in [4.69, 9.17) is 12.2 Å². The van der Waals surface area contributed by atoms with Gasteiger partial charge in [0.2, 0.25) is 5.91 Å². The van der Waals surface area contributed by atoms with Crippen molar-refractivity contribution in [3.05, 3.63) is 23.8 Å². The van der Waals surface area contributed by atoms with Gasteiger partial charge in [-0.2, -0.15) is 0 Å². The summed E-state index contributed by atoms with van der Waals surface area (Å²) in [5, 5.41) is 7.53. The molecular weight excluding hydrogens is 318 g/mol. The van der Waals surface area contributed by atoms with Crippen LogP contribution >= 0.6 is 12.2 Å². The lowest BCUT2D eigenvalue weighted by Gasteiger charge is -2.25. The molecule has 1 heterocycles. The Kier molecular flexibility index (Phi) is 4.21. The van der Waals surface area contributed by atoms with Crippen molar-refractivity contribution in [3.8, 4) is 0 Å². The van der Waals surface area contributed by atoms with Crippen LogP contribution in [0.1, 0.15) is 44.1 Å². The number of nitrogens with one attached hydrogen (secondary N) is 2. The van der Waals surface area contributed by atoms with Crippen molar-refractivity contribution < 1.29 is 4.79 Å². The van der Waals surface area contributed by atoms with Crippen LogP contribution in [0.4, 0.5) is 11.4 Å². The fraction of sp³-hybridized carbons (Fsp3) is 0.579. The molecule has 128 valence electrons. The number of anilines is 2. The summed E-state index contributed by atoms with van der Waals surface area (Å²) in [7, 11) is 0. The van der Waals surface area contributed by atoms with Gasteiger partial charge >= 0.3 is 0 Å². The van der Waals surface area contributed by atoms with E-state index >= 15 is 0 Å². The molecule has 5 heteroatoms. The van der Waals surface area contributed by atoms with E-state index in [0.717, 1.165) is 41.7 Å². The lowest BCUT2D eigenvalue weighted by Crippen LogP contribution is -2.40. The minimum atomic E-state index is 0.220. The molecule has 1 aromatic rings. The van der Waals surface area contributed by atoms with Crippen LogP contribution in [0, 0.1) is 18.8 Å². The van der Waals surface area contributed by atoms with Gasteiger partial charge in [-0.3, -0.25) is 4.79 Å². The van der Waals surface area contributed by atoms with Crippen molar-refractivity contribution in [2.45, 2.75) is 51.5 Å². The fourth-order valence-corrected chi connectivity index (χ4v) is 4.91. The van der Waals surface area contributed by atoms with Gasteiger partial charge in [-0.25, -0.2) is 0 Å². The Bertz CT molecular complexity index is 675. The van der Waals surface area contributed by atoms with Gasteiger partial charge in [0.15, 0.2) is 5.11 Å². The first-order valence-electron chi connectivity index (χ1n) is 9.08. The Balaban J connectivity index is 1.42.